The monoisotopic (exact) mass is 469 g/mol. The van der Waals surface area contributed by atoms with Crippen molar-refractivity contribution in [1.29, 1.82) is 5.26 Å². The Morgan fingerprint density at radius 2 is 2.00 bits per heavy atom. The molecule has 3 rings (SSSR count). The molecule has 2 aromatic carbocycles. The number of aromatic nitrogens is 1. The van der Waals surface area contributed by atoms with Crippen molar-refractivity contribution < 1.29 is 28.0 Å². The van der Waals surface area contributed by atoms with Crippen LogP contribution in [-0.2, 0) is 4.79 Å². The number of nitrogens with one attached hydrogen (secondary N) is 1. The van der Waals surface area contributed by atoms with E-state index in [0.717, 1.165) is 12.1 Å². The van der Waals surface area contributed by atoms with Crippen LogP contribution in [0.2, 0.25) is 5.02 Å². The van der Waals surface area contributed by atoms with Gasteiger partial charge in [0.2, 0.25) is 0 Å². The smallest absolute Gasteiger partial charge is 0.343 e. The summed E-state index contributed by atoms with van der Waals surface area (Å²) in [6.07, 6.45) is 1.29. The fourth-order valence-corrected chi connectivity index (χ4v) is 2.95. The number of aryl methyl sites for hydroxylation is 1. The van der Waals surface area contributed by atoms with Gasteiger partial charge in [0.25, 0.3) is 5.91 Å². The number of amides is 1. The number of nitriles is 1. The van der Waals surface area contributed by atoms with Crippen LogP contribution in [0.5, 0.6) is 11.5 Å². The Bertz CT molecular complexity index is 1260. The van der Waals surface area contributed by atoms with Crippen LogP contribution >= 0.6 is 11.6 Å². The molecular weight excluding hydrogens is 453 g/mol. The molecule has 0 saturated carbocycles. The predicted molar refractivity (Wildman–Crippen MR) is 117 cm³/mol. The van der Waals surface area contributed by atoms with Gasteiger partial charge >= 0.3 is 5.97 Å². The zero-order valence-electron chi connectivity index (χ0n) is 17.5. The molecule has 0 radical (unpaired) electrons. The summed E-state index contributed by atoms with van der Waals surface area (Å²) in [5.41, 5.74) is 0.240. The molecule has 0 aliphatic carbocycles. The van der Waals surface area contributed by atoms with E-state index in [1.807, 2.05) is 6.07 Å². The van der Waals surface area contributed by atoms with Gasteiger partial charge in [0.05, 0.1) is 17.2 Å². The lowest BCUT2D eigenvalue weighted by molar-refractivity contribution is -0.112. The largest absolute Gasteiger partial charge is 0.490 e. The summed E-state index contributed by atoms with van der Waals surface area (Å²) < 4.78 is 28.9. The summed E-state index contributed by atoms with van der Waals surface area (Å²) in [4.78, 5) is 24.8. The molecule has 168 valence electrons. The quantitative estimate of drug-likeness (QED) is 0.225. The number of hydrogen-bond acceptors (Lipinski definition) is 7. The molecule has 0 atom stereocenters. The molecule has 1 N–H and O–H groups in total. The Morgan fingerprint density at radius 3 is 2.61 bits per heavy atom. The SMILES string of the molecule is CCOc1cc(/C=C(/C#N)C(=O)Nc2cc(C)on2)cc(Cl)c1OC(=O)c1ccc(F)cc1. The van der Waals surface area contributed by atoms with Gasteiger partial charge in [-0.15, -0.1) is 0 Å². The van der Waals surface area contributed by atoms with E-state index in [-0.39, 0.29) is 40.1 Å². The first kappa shape index (κ1) is 23.5. The van der Waals surface area contributed by atoms with E-state index in [2.05, 4.69) is 10.5 Å². The Labute approximate surface area is 193 Å². The highest BCUT2D eigenvalue weighted by atomic mass is 35.5. The summed E-state index contributed by atoms with van der Waals surface area (Å²) in [5, 5.41) is 15.5. The van der Waals surface area contributed by atoms with Gasteiger partial charge < -0.3 is 19.3 Å². The average Bonchev–Trinajstić information content (AvgIpc) is 3.19. The molecule has 0 aliphatic heterocycles. The third-order valence-corrected chi connectivity index (χ3v) is 4.43. The maximum atomic E-state index is 13.1. The Balaban J connectivity index is 1.88. The minimum atomic E-state index is -0.763. The molecule has 3 aromatic rings. The first-order chi connectivity index (χ1) is 15.8. The van der Waals surface area contributed by atoms with E-state index >= 15 is 0 Å². The molecule has 0 saturated heterocycles. The van der Waals surface area contributed by atoms with E-state index in [0.29, 0.717) is 11.3 Å². The molecular formula is C23H17ClFN3O5. The fraction of sp³-hybridized carbons (Fsp3) is 0.130. The third kappa shape index (κ3) is 5.96. The van der Waals surface area contributed by atoms with Crippen molar-refractivity contribution in [1.82, 2.24) is 5.16 Å². The van der Waals surface area contributed by atoms with Crippen molar-refractivity contribution in [2.24, 2.45) is 0 Å². The van der Waals surface area contributed by atoms with E-state index in [1.54, 1.807) is 13.8 Å². The van der Waals surface area contributed by atoms with Gasteiger partial charge in [-0.05, 0) is 61.9 Å². The van der Waals surface area contributed by atoms with Gasteiger partial charge in [-0.3, -0.25) is 4.79 Å². The van der Waals surface area contributed by atoms with E-state index in [1.165, 1.54) is 36.4 Å². The summed E-state index contributed by atoms with van der Waals surface area (Å²) in [6.45, 7) is 3.60. The van der Waals surface area contributed by atoms with Crippen LogP contribution in [-0.4, -0.2) is 23.6 Å². The minimum Gasteiger partial charge on any atom is -0.490 e. The number of carbonyl (C=O) groups is 2. The standard InChI is InChI=1S/C23H17ClFN3O5/c1-3-31-19-11-14(9-16(12-26)22(29)27-20-8-13(2)33-28-20)10-18(24)21(19)32-23(30)15-4-6-17(25)7-5-15/h4-11H,3H2,1-2H3,(H,27,28,29)/b16-9-. The molecule has 1 heterocycles. The third-order valence-electron chi connectivity index (χ3n) is 4.15. The number of rotatable bonds is 7. The zero-order chi connectivity index (χ0) is 24.0. The first-order valence-corrected chi connectivity index (χ1v) is 9.99. The molecule has 10 heteroatoms. The number of esters is 1. The highest BCUT2D eigenvalue weighted by Crippen LogP contribution is 2.38. The van der Waals surface area contributed by atoms with E-state index in [9.17, 15) is 19.2 Å². The topological polar surface area (TPSA) is 114 Å². The van der Waals surface area contributed by atoms with Crippen LogP contribution in [0.15, 0.2) is 52.6 Å². The number of anilines is 1. The predicted octanol–water partition coefficient (Wildman–Crippen LogP) is 4.94. The van der Waals surface area contributed by atoms with Crippen LogP contribution in [0.1, 0.15) is 28.6 Å². The van der Waals surface area contributed by atoms with Gasteiger partial charge in [0, 0.05) is 6.07 Å². The average molecular weight is 470 g/mol. The number of hydrogen-bond donors (Lipinski definition) is 1. The van der Waals surface area contributed by atoms with Crippen molar-refractivity contribution in [2.75, 3.05) is 11.9 Å². The Kier molecular flexibility index (Phi) is 7.43. The highest BCUT2D eigenvalue weighted by molar-refractivity contribution is 6.32. The Morgan fingerprint density at radius 1 is 1.27 bits per heavy atom. The maximum absolute atomic E-state index is 13.1. The van der Waals surface area contributed by atoms with Gasteiger partial charge in [-0.1, -0.05) is 16.8 Å². The Hall–Kier alpha value is -4.16. The number of benzene rings is 2. The van der Waals surface area contributed by atoms with Gasteiger partial charge in [0.1, 0.15) is 23.2 Å². The van der Waals surface area contributed by atoms with Crippen molar-refractivity contribution in [2.45, 2.75) is 13.8 Å². The van der Waals surface area contributed by atoms with Crippen molar-refractivity contribution >= 4 is 35.4 Å². The molecule has 0 spiro atoms. The number of carbonyl (C=O) groups excluding carboxylic acids is 2. The molecule has 0 fully saturated rings. The van der Waals surface area contributed by atoms with Crippen LogP contribution in [0.3, 0.4) is 0 Å². The van der Waals surface area contributed by atoms with Crippen molar-refractivity contribution in [3.05, 3.63) is 75.8 Å². The van der Waals surface area contributed by atoms with Crippen LogP contribution in [0, 0.1) is 24.1 Å². The molecule has 1 aromatic heterocycles. The lowest BCUT2D eigenvalue weighted by Crippen LogP contribution is -2.13. The van der Waals surface area contributed by atoms with Crippen LogP contribution in [0.4, 0.5) is 10.2 Å². The highest BCUT2D eigenvalue weighted by Gasteiger charge is 2.19. The fourth-order valence-electron chi connectivity index (χ4n) is 2.70. The summed E-state index contributed by atoms with van der Waals surface area (Å²) in [6, 6.07) is 11.0. The minimum absolute atomic E-state index is 0.00693. The van der Waals surface area contributed by atoms with Crippen molar-refractivity contribution in [3.8, 4) is 17.6 Å². The maximum Gasteiger partial charge on any atom is 0.343 e. The molecule has 8 nitrogen and oxygen atoms in total. The zero-order valence-corrected chi connectivity index (χ0v) is 18.3. The molecule has 0 bridgehead atoms. The number of halogens is 2. The normalized spacial score (nSPS) is 10.9. The first-order valence-electron chi connectivity index (χ1n) is 9.61. The second-order valence-corrected chi connectivity index (χ2v) is 7.01. The summed E-state index contributed by atoms with van der Waals surface area (Å²) >= 11 is 6.31. The van der Waals surface area contributed by atoms with Gasteiger partial charge in [-0.25, -0.2) is 9.18 Å². The summed E-state index contributed by atoms with van der Waals surface area (Å²) in [7, 11) is 0. The molecule has 33 heavy (non-hydrogen) atoms. The van der Waals surface area contributed by atoms with E-state index < -0.39 is 17.7 Å². The van der Waals surface area contributed by atoms with Crippen LogP contribution < -0.4 is 14.8 Å². The second-order valence-electron chi connectivity index (χ2n) is 6.61. The number of ether oxygens (including phenoxy) is 2. The second kappa shape index (κ2) is 10.4. The number of nitrogens with zero attached hydrogens (tertiary/aromatic N) is 2. The summed E-state index contributed by atoms with van der Waals surface area (Å²) in [5.74, 6) is -1.23. The van der Waals surface area contributed by atoms with Gasteiger partial charge in [-0.2, -0.15) is 5.26 Å². The van der Waals surface area contributed by atoms with Crippen molar-refractivity contribution in [3.63, 3.8) is 0 Å². The van der Waals surface area contributed by atoms with E-state index in [4.69, 9.17) is 25.6 Å². The lowest BCUT2D eigenvalue weighted by atomic mass is 10.1. The molecule has 1 amide bonds. The van der Waals surface area contributed by atoms with Gasteiger partial charge in [0.15, 0.2) is 17.3 Å². The lowest BCUT2D eigenvalue weighted by Gasteiger charge is -2.13. The molecule has 0 unspecified atom stereocenters. The van der Waals surface area contributed by atoms with Crippen LogP contribution in [0.25, 0.3) is 6.08 Å². The molecule has 0 aliphatic rings.